The first-order chi connectivity index (χ1) is 7.43. The van der Waals surface area contributed by atoms with Gasteiger partial charge in [0.25, 0.3) is 0 Å². The highest BCUT2D eigenvalue weighted by Crippen LogP contribution is 2.29. The molecule has 0 spiro atoms. The average Bonchev–Trinajstić information content (AvgIpc) is 2.17. The molecule has 1 unspecified atom stereocenters. The van der Waals surface area contributed by atoms with E-state index < -0.39 is 5.97 Å². The Balaban J connectivity index is 4.19. The molecule has 0 aliphatic carbocycles. The number of aliphatic carboxylic acids is 1. The summed E-state index contributed by atoms with van der Waals surface area (Å²) in [5.41, 5.74) is 1.11. The van der Waals surface area contributed by atoms with Crippen LogP contribution >= 0.6 is 0 Å². The monoisotopic (exact) mass is 224 g/mol. The van der Waals surface area contributed by atoms with Gasteiger partial charge in [-0.2, -0.15) is 0 Å². The van der Waals surface area contributed by atoms with Gasteiger partial charge in [-0.1, -0.05) is 38.0 Å². The van der Waals surface area contributed by atoms with Crippen LogP contribution in [0.25, 0.3) is 0 Å². The van der Waals surface area contributed by atoms with Gasteiger partial charge in [-0.05, 0) is 31.6 Å². The average molecular weight is 224 g/mol. The van der Waals surface area contributed by atoms with E-state index in [1.807, 2.05) is 6.92 Å². The molecule has 2 nitrogen and oxygen atoms in total. The molecule has 0 aromatic heterocycles. The van der Waals surface area contributed by atoms with E-state index in [2.05, 4.69) is 26.5 Å². The van der Waals surface area contributed by atoms with Crippen LogP contribution in [0.3, 0.4) is 0 Å². The van der Waals surface area contributed by atoms with Gasteiger partial charge in [-0.25, -0.2) is 0 Å². The first-order valence-corrected chi connectivity index (χ1v) is 5.94. The van der Waals surface area contributed by atoms with Crippen molar-refractivity contribution in [3.05, 3.63) is 24.3 Å². The minimum absolute atomic E-state index is 0.164. The van der Waals surface area contributed by atoms with Crippen molar-refractivity contribution in [1.82, 2.24) is 0 Å². The fraction of sp³-hybridized carbons (Fsp3) is 0.643. The zero-order valence-electron chi connectivity index (χ0n) is 10.8. The number of carbonyl (C=O) groups is 1. The molecule has 0 aliphatic heterocycles. The highest BCUT2D eigenvalue weighted by Gasteiger charge is 2.22. The van der Waals surface area contributed by atoms with Crippen molar-refractivity contribution in [3.63, 3.8) is 0 Å². The van der Waals surface area contributed by atoms with Crippen LogP contribution in [0.4, 0.5) is 0 Å². The van der Waals surface area contributed by atoms with Crippen LogP contribution < -0.4 is 0 Å². The third-order valence-electron chi connectivity index (χ3n) is 2.90. The largest absolute Gasteiger partial charge is 0.481 e. The molecule has 0 rings (SSSR count). The fourth-order valence-corrected chi connectivity index (χ4v) is 1.75. The van der Waals surface area contributed by atoms with Crippen molar-refractivity contribution in [2.75, 3.05) is 0 Å². The predicted octanol–water partition coefficient (Wildman–Crippen LogP) is 4.18. The second-order valence-corrected chi connectivity index (χ2v) is 4.77. The lowest BCUT2D eigenvalue weighted by Crippen LogP contribution is -2.17. The quantitative estimate of drug-likeness (QED) is 0.628. The molecule has 0 aromatic carbocycles. The molecule has 0 aliphatic rings. The Morgan fingerprint density at radius 3 is 2.56 bits per heavy atom. The zero-order valence-corrected chi connectivity index (χ0v) is 10.8. The van der Waals surface area contributed by atoms with Crippen molar-refractivity contribution in [2.45, 2.75) is 52.9 Å². The molecule has 0 saturated heterocycles. The van der Waals surface area contributed by atoms with Crippen molar-refractivity contribution < 1.29 is 9.90 Å². The maximum Gasteiger partial charge on any atom is 0.304 e. The predicted molar refractivity (Wildman–Crippen MR) is 68.5 cm³/mol. The van der Waals surface area contributed by atoms with Crippen molar-refractivity contribution in [2.24, 2.45) is 5.41 Å². The minimum atomic E-state index is -0.753. The van der Waals surface area contributed by atoms with Crippen LogP contribution in [0.2, 0.25) is 0 Å². The van der Waals surface area contributed by atoms with E-state index in [-0.39, 0.29) is 11.8 Å². The van der Waals surface area contributed by atoms with E-state index in [0.29, 0.717) is 0 Å². The number of rotatable bonds is 8. The molecule has 1 atom stereocenters. The fourth-order valence-electron chi connectivity index (χ4n) is 1.75. The molecular weight excluding hydrogens is 200 g/mol. The first kappa shape index (κ1) is 14.9. The number of carboxylic acid groups (broad SMARTS) is 1. The van der Waals surface area contributed by atoms with Crippen LogP contribution in [0.5, 0.6) is 0 Å². The molecule has 0 saturated carbocycles. The highest BCUT2D eigenvalue weighted by molar-refractivity contribution is 5.68. The normalized spacial score (nSPS) is 15.6. The van der Waals surface area contributed by atoms with E-state index >= 15 is 0 Å². The second kappa shape index (κ2) is 7.26. The molecule has 0 heterocycles. The molecule has 2 heteroatoms. The zero-order chi connectivity index (χ0) is 12.6. The summed E-state index contributed by atoms with van der Waals surface area (Å²) in [6.45, 7) is 9.98. The summed E-state index contributed by atoms with van der Waals surface area (Å²) in [4.78, 5) is 10.7. The highest BCUT2D eigenvalue weighted by atomic mass is 16.4. The summed E-state index contributed by atoms with van der Waals surface area (Å²) >= 11 is 0. The number of carboxylic acids is 1. The maximum atomic E-state index is 10.7. The van der Waals surface area contributed by atoms with Crippen molar-refractivity contribution in [3.8, 4) is 0 Å². The molecule has 0 radical (unpaired) electrons. The Hall–Kier alpha value is -1.05. The van der Waals surface area contributed by atoms with E-state index in [1.165, 1.54) is 5.57 Å². The van der Waals surface area contributed by atoms with E-state index in [4.69, 9.17) is 5.11 Å². The van der Waals surface area contributed by atoms with Gasteiger partial charge in [0.2, 0.25) is 0 Å². The first-order valence-electron chi connectivity index (χ1n) is 5.94. The Morgan fingerprint density at radius 2 is 2.12 bits per heavy atom. The molecule has 0 aromatic rings. The molecule has 0 bridgehead atoms. The van der Waals surface area contributed by atoms with Gasteiger partial charge in [0.15, 0.2) is 0 Å². The van der Waals surface area contributed by atoms with E-state index in [0.717, 1.165) is 25.7 Å². The van der Waals surface area contributed by atoms with Crippen LogP contribution in [0.15, 0.2) is 24.3 Å². The summed E-state index contributed by atoms with van der Waals surface area (Å²) in [5.74, 6) is -0.753. The SMILES string of the molecule is C=CC(C)(CC/C=C(\C)CCC)CC(=O)O. The third-order valence-corrected chi connectivity index (χ3v) is 2.90. The van der Waals surface area contributed by atoms with Gasteiger partial charge >= 0.3 is 5.97 Å². The number of hydrogen-bond donors (Lipinski definition) is 1. The van der Waals surface area contributed by atoms with Gasteiger partial charge in [-0.3, -0.25) is 4.79 Å². The number of allylic oxidation sites excluding steroid dienone is 3. The van der Waals surface area contributed by atoms with E-state index in [1.54, 1.807) is 6.08 Å². The van der Waals surface area contributed by atoms with Crippen LogP contribution in [-0.4, -0.2) is 11.1 Å². The summed E-state index contributed by atoms with van der Waals surface area (Å²) in [5, 5.41) is 8.81. The second-order valence-electron chi connectivity index (χ2n) is 4.77. The Morgan fingerprint density at radius 1 is 1.50 bits per heavy atom. The third kappa shape index (κ3) is 6.44. The van der Waals surface area contributed by atoms with Crippen LogP contribution in [-0.2, 0) is 4.79 Å². The Kier molecular flexibility index (Phi) is 6.78. The van der Waals surface area contributed by atoms with Gasteiger partial charge in [0, 0.05) is 0 Å². The Bertz CT molecular complexity index is 266. The van der Waals surface area contributed by atoms with Crippen molar-refractivity contribution >= 4 is 5.97 Å². The molecule has 1 N–H and O–H groups in total. The smallest absolute Gasteiger partial charge is 0.304 e. The minimum Gasteiger partial charge on any atom is -0.481 e. The molecule has 0 fully saturated rings. The maximum absolute atomic E-state index is 10.7. The van der Waals surface area contributed by atoms with Crippen LogP contribution in [0, 0.1) is 5.41 Å². The lowest BCUT2D eigenvalue weighted by Gasteiger charge is -2.22. The molecule has 92 valence electrons. The topological polar surface area (TPSA) is 37.3 Å². The van der Waals surface area contributed by atoms with Gasteiger partial charge in [-0.15, -0.1) is 6.58 Å². The Labute approximate surface area is 99.1 Å². The molecule has 16 heavy (non-hydrogen) atoms. The van der Waals surface area contributed by atoms with Gasteiger partial charge in [0.1, 0.15) is 0 Å². The summed E-state index contributed by atoms with van der Waals surface area (Å²) in [6.07, 6.45) is 8.22. The van der Waals surface area contributed by atoms with Gasteiger partial charge < -0.3 is 5.11 Å². The number of hydrogen-bond acceptors (Lipinski definition) is 1. The molecular formula is C14H24O2. The summed E-state index contributed by atoms with van der Waals surface area (Å²) in [6, 6.07) is 0. The molecule has 0 amide bonds. The lowest BCUT2D eigenvalue weighted by atomic mass is 9.82. The summed E-state index contributed by atoms with van der Waals surface area (Å²) < 4.78 is 0. The van der Waals surface area contributed by atoms with Gasteiger partial charge in [0.05, 0.1) is 6.42 Å². The lowest BCUT2D eigenvalue weighted by molar-refractivity contribution is -0.138. The van der Waals surface area contributed by atoms with E-state index in [9.17, 15) is 4.79 Å². The standard InChI is InChI=1S/C14H24O2/c1-5-8-12(3)9-7-10-14(4,6-2)11-13(15)16/h6,9H,2,5,7-8,10-11H2,1,3-4H3,(H,15,16)/b12-9+. The van der Waals surface area contributed by atoms with Crippen molar-refractivity contribution in [1.29, 1.82) is 0 Å². The summed E-state index contributed by atoms with van der Waals surface area (Å²) in [7, 11) is 0. The van der Waals surface area contributed by atoms with Crippen LogP contribution in [0.1, 0.15) is 52.9 Å².